The summed E-state index contributed by atoms with van der Waals surface area (Å²) in [6.45, 7) is 1.80. The summed E-state index contributed by atoms with van der Waals surface area (Å²) in [5.41, 5.74) is 5.50. The number of rotatable bonds is 6. The van der Waals surface area contributed by atoms with Crippen molar-refractivity contribution in [2.45, 2.75) is 6.92 Å². The van der Waals surface area contributed by atoms with E-state index in [0.29, 0.717) is 39.5 Å². The number of aryl methyl sites for hydroxylation is 1. The van der Waals surface area contributed by atoms with Gasteiger partial charge in [-0.15, -0.1) is 0 Å². The van der Waals surface area contributed by atoms with Gasteiger partial charge in [-0.05, 0) is 55.5 Å². The highest BCUT2D eigenvalue weighted by Gasteiger charge is 2.20. The topological polar surface area (TPSA) is 88.5 Å². The van der Waals surface area contributed by atoms with Gasteiger partial charge in [0.1, 0.15) is 11.5 Å². The molecule has 7 heteroatoms. The van der Waals surface area contributed by atoms with E-state index in [1.54, 1.807) is 62.6 Å². The maximum absolute atomic E-state index is 13.4. The van der Waals surface area contributed by atoms with E-state index < -0.39 is 0 Å². The maximum Gasteiger partial charge on any atom is 0.281 e. The number of aromatic amines is 1. The molecule has 0 aliphatic carbocycles. The van der Waals surface area contributed by atoms with Crippen LogP contribution >= 0.6 is 0 Å². The third-order valence-electron chi connectivity index (χ3n) is 4.99. The number of ether oxygens (including phenoxy) is 1. The van der Waals surface area contributed by atoms with Gasteiger partial charge in [-0.3, -0.25) is 14.7 Å². The molecular formula is C25H22N4O3. The van der Waals surface area contributed by atoms with Crippen molar-refractivity contribution in [3.05, 3.63) is 118 Å². The Bertz CT molecular complexity index is 1310. The lowest BCUT2D eigenvalue weighted by Crippen LogP contribution is -2.25. The van der Waals surface area contributed by atoms with Crippen LogP contribution in [0.3, 0.4) is 0 Å². The second-order valence-electron chi connectivity index (χ2n) is 7.08. The van der Waals surface area contributed by atoms with E-state index in [0.717, 1.165) is 0 Å². The van der Waals surface area contributed by atoms with Crippen molar-refractivity contribution in [1.29, 1.82) is 0 Å². The molecule has 0 spiro atoms. The predicted octanol–water partition coefficient (Wildman–Crippen LogP) is 3.67. The van der Waals surface area contributed by atoms with Gasteiger partial charge in [-0.2, -0.15) is 5.10 Å². The Hall–Kier alpha value is -4.39. The van der Waals surface area contributed by atoms with E-state index in [1.807, 2.05) is 36.4 Å². The zero-order valence-electron chi connectivity index (χ0n) is 17.7. The monoisotopic (exact) mass is 426 g/mol. The molecule has 0 aliphatic rings. The Morgan fingerprint density at radius 1 is 0.906 bits per heavy atom. The molecule has 0 aliphatic heterocycles. The molecule has 0 fully saturated rings. The molecule has 3 aromatic carbocycles. The van der Waals surface area contributed by atoms with Gasteiger partial charge < -0.3 is 4.74 Å². The predicted molar refractivity (Wildman–Crippen MR) is 124 cm³/mol. The zero-order chi connectivity index (χ0) is 22.5. The molecule has 0 radical (unpaired) electrons. The summed E-state index contributed by atoms with van der Waals surface area (Å²) in [5, 5.41) is 7.47. The number of H-pyrrole nitrogens is 1. The number of aromatic nitrogens is 2. The summed E-state index contributed by atoms with van der Waals surface area (Å²) in [7, 11) is 1.58. The second-order valence-corrected chi connectivity index (χ2v) is 7.08. The lowest BCUT2D eigenvalue weighted by Gasteiger charge is -2.08. The van der Waals surface area contributed by atoms with Gasteiger partial charge in [0.15, 0.2) is 0 Å². The largest absolute Gasteiger partial charge is 0.497 e. The molecule has 2 N–H and O–H groups in total. The summed E-state index contributed by atoms with van der Waals surface area (Å²) in [4.78, 5) is 25.9. The third kappa shape index (κ3) is 4.22. The van der Waals surface area contributed by atoms with Gasteiger partial charge in [-0.25, -0.2) is 10.1 Å². The van der Waals surface area contributed by atoms with Gasteiger partial charge >= 0.3 is 0 Å². The molecule has 160 valence electrons. The molecule has 4 aromatic rings. The lowest BCUT2D eigenvalue weighted by molar-refractivity contribution is 0.0955. The van der Waals surface area contributed by atoms with Crippen molar-refractivity contribution in [2.75, 3.05) is 7.11 Å². The number of hydrazone groups is 1. The normalized spacial score (nSPS) is 11.2. The van der Waals surface area contributed by atoms with E-state index in [9.17, 15) is 9.59 Å². The van der Waals surface area contributed by atoms with Crippen molar-refractivity contribution in [3.63, 3.8) is 0 Å². The fourth-order valence-corrected chi connectivity index (χ4v) is 3.36. The summed E-state index contributed by atoms with van der Waals surface area (Å²) in [5.74, 6) is 0.307. The highest BCUT2D eigenvalue weighted by Crippen LogP contribution is 2.17. The van der Waals surface area contributed by atoms with Crippen molar-refractivity contribution in [2.24, 2.45) is 5.10 Å². The molecule has 0 atom stereocenters. The van der Waals surface area contributed by atoms with Crippen LogP contribution in [-0.4, -0.2) is 28.5 Å². The van der Waals surface area contributed by atoms with Gasteiger partial charge in [0.2, 0.25) is 0 Å². The molecule has 7 nitrogen and oxygen atoms in total. The van der Waals surface area contributed by atoms with Gasteiger partial charge in [-0.1, -0.05) is 36.4 Å². The van der Waals surface area contributed by atoms with Crippen molar-refractivity contribution < 1.29 is 9.53 Å². The number of nitrogens with one attached hydrogen (secondary N) is 2. The second kappa shape index (κ2) is 9.18. The number of amides is 1. The minimum atomic E-state index is -0.367. The molecule has 1 heterocycles. The van der Waals surface area contributed by atoms with Gasteiger partial charge in [0.05, 0.1) is 18.4 Å². The van der Waals surface area contributed by atoms with Crippen LogP contribution in [0.5, 0.6) is 5.75 Å². The van der Waals surface area contributed by atoms with Crippen LogP contribution in [-0.2, 0) is 0 Å². The van der Waals surface area contributed by atoms with E-state index in [4.69, 9.17) is 4.74 Å². The SMILES string of the molecule is COc1ccc(C(=NNC(=O)c2ccccc2)c2c(C)[nH]n(-c3ccccc3)c2=O)cc1. The lowest BCUT2D eigenvalue weighted by atomic mass is 10.0. The summed E-state index contributed by atoms with van der Waals surface area (Å²) >= 11 is 0. The van der Waals surface area contributed by atoms with E-state index in [-0.39, 0.29) is 11.5 Å². The zero-order valence-corrected chi connectivity index (χ0v) is 17.7. The van der Waals surface area contributed by atoms with Crippen LogP contribution in [0.25, 0.3) is 5.69 Å². The Labute approximate surface area is 185 Å². The van der Waals surface area contributed by atoms with Crippen molar-refractivity contribution in [3.8, 4) is 11.4 Å². The smallest absolute Gasteiger partial charge is 0.281 e. The van der Waals surface area contributed by atoms with Crippen LogP contribution in [0.2, 0.25) is 0 Å². The van der Waals surface area contributed by atoms with E-state index in [1.165, 1.54) is 4.68 Å². The van der Waals surface area contributed by atoms with Crippen LogP contribution in [0, 0.1) is 6.92 Å². The number of hydrogen-bond donors (Lipinski definition) is 2. The van der Waals surface area contributed by atoms with Crippen LogP contribution in [0.1, 0.15) is 27.2 Å². The van der Waals surface area contributed by atoms with Gasteiger partial charge in [0.25, 0.3) is 11.5 Å². The average molecular weight is 426 g/mol. The van der Waals surface area contributed by atoms with Crippen molar-refractivity contribution >= 4 is 11.6 Å². The minimum absolute atomic E-state index is 0.266. The quantitative estimate of drug-likeness (QED) is 0.364. The highest BCUT2D eigenvalue weighted by molar-refractivity contribution is 6.14. The molecule has 32 heavy (non-hydrogen) atoms. The number of hydrogen-bond acceptors (Lipinski definition) is 4. The van der Waals surface area contributed by atoms with Crippen molar-refractivity contribution in [1.82, 2.24) is 15.2 Å². The molecule has 0 saturated heterocycles. The number of nitrogens with zero attached hydrogens (tertiary/aromatic N) is 2. The van der Waals surface area contributed by atoms with Crippen LogP contribution < -0.4 is 15.7 Å². The highest BCUT2D eigenvalue weighted by atomic mass is 16.5. The first-order valence-corrected chi connectivity index (χ1v) is 10.0. The standard InChI is InChI=1S/C25H22N4O3/c1-17-22(25(31)29(28-17)20-11-7-4-8-12-20)23(18-13-15-21(32-2)16-14-18)26-27-24(30)19-9-5-3-6-10-19/h3-16,28H,1-2H3,(H,27,30). The first-order valence-electron chi connectivity index (χ1n) is 10.0. The Morgan fingerprint density at radius 2 is 1.53 bits per heavy atom. The molecule has 0 bridgehead atoms. The summed E-state index contributed by atoms with van der Waals surface area (Å²) in [6, 6.07) is 25.2. The first kappa shape index (κ1) is 20.9. The number of para-hydroxylation sites is 1. The Balaban J connectivity index is 1.80. The number of carbonyl (C=O) groups is 1. The number of carbonyl (C=O) groups excluding carboxylic acids is 1. The fraction of sp³-hybridized carbons (Fsp3) is 0.0800. The van der Waals surface area contributed by atoms with E-state index >= 15 is 0 Å². The molecule has 4 rings (SSSR count). The number of benzene rings is 3. The molecule has 1 amide bonds. The maximum atomic E-state index is 13.4. The molecular weight excluding hydrogens is 404 g/mol. The van der Waals surface area contributed by atoms with Gasteiger partial charge in [0, 0.05) is 16.8 Å². The molecule has 1 aromatic heterocycles. The van der Waals surface area contributed by atoms with Crippen LogP contribution in [0.15, 0.2) is 94.8 Å². The first-order chi connectivity index (χ1) is 15.6. The fourth-order valence-electron chi connectivity index (χ4n) is 3.36. The Morgan fingerprint density at radius 3 is 2.16 bits per heavy atom. The summed E-state index contributed by atoms with van der Waals surface area (Å²) < 4.78 is 6.70. The van der Waals surface area contributed by atoms with Crippen LogP contribution in [0.4, 0.5) is 0 Å². The number of methoxy groups -OCH3 is 1. The molecule has 0 saturated carbocycles. The third-order valence-corrected chi connectivity index (χ3v) is 4.99. The average Bonchev–Trinajstić information content (AvgIpc) is 3.14. The Kier molecular flexibility index (Phi) is 5.98. The minimum Gasteiger partial charge on any atom is -0.497 e. The summed E-state index contributed by atoms with van der Waals surface area (Å²) in [6.07, 6.45) is 0. The molecule has 0 unspecified atom stereocenters. The van der Waals surface area contributed by atoms with E-state index in [2.05, 4.69) is 15.6 Å².